The van der Waals surface area contributed by atoms with Crippen molar-refractivity contribution >= 4 is 29.9 Å². The Labute approximate surface area is 168 Å². The zero-order valence-electron chi connectivity index (χ0n) is 16.2. The van der Waals surface area contributed by atoms with E-state index in [2.05, 4.69) is 34.3 Å². The van der Waals surface area contributed by atoms with E-state index < -0.39 is 0 Å². The summed E-state index contributed by atoms with van der Waals surface area (Å²) in [5.74, 6) is 4.26. The Morgan fingerprint density at radius 1 is 1.40 bits per heavy atom. The van der Waals surface area contributed by atoms with Crippen LogP contribution in [-0.2, 0) is 18.3 Å². The molecule has 2 rings (SSSR count). The van der Waals surface area contributed by atoms with Gasteiger partial charge in [0.05, 0.1) is 6.61 Å². The quantitative estimate of drug-likeness (QED) is 0.290. The Bertz CT molecular complexity index is 545. The number of halogens is 1. The van der Waals surface area contributed by atoms with Crippen molar-refractivity contribution in [2.75, 3.05) is 33.4 Å². The third-order valence-corrected chi connectivity index (χ3v) is 4.53. The van der Waals surface area contributed by atoms with Gasteiger partial charge in [-0.05, 0) is 31.6 Å². The number of rotatable bonds is 7. The maximum absolute atomic E-state index is 5.15. The molecule has 144 valence electrons. The SMILES string of the molecule is COCCNC(=NCc1nnc(C)n1C)N1CCC(CC(C)C)C1.I. The van der Waals surface area contributed by atoms with E-state index in [0.717, 1.165) is 49.1 Å². The first-order valence-electron chi connectivity index (χ1n) is 8.88. The van der Waals surface area contributed by atoms with Crippen molar-refractivity contribution in [2.45, 2.75) is 40.2 Å². The highest BCUT2D eigenvalue weighted by molar-refractivity contribution is 14.0. The van der Waals surface area contributed by atoms with Gasteiger partial charge in [-0.3, -0.25) is 0 Å². The predicted molar refractivity (Wildman–Crippen MR) is 111 cm³/mol. The third-order valence-electron chi connectivity index (χ3n) is 4.53. The molecule has 0 radical (unpaired) electrons. The van der Waals surface area contributed by atoms with E-state index in [1.807, 2.05) is 18.5 Å². The summed E-state index contributed by atoms with van der Waals surface area (Å²) < 4.78 is 7.14. The first-order valence-corrected chi connectivity index (χ1v) is 8.88. The van der Waals surface area contributed by atoms with E-state index in [4.69, 9.17) is 9.73 Å². The summed E-state index contributed by atoms with van der Waals surface area (Å²) in [5.41, 5.74) is 0. The van der Waals surface area contributed by atoms with Crippen molar-refractivity contribution in [3.05, 3.63) is 11.6 Å². The van der Waals surface area contributed by atoms with Crippen molar-refractivity contribution in [1.29, 1.82) is 0 Å². The van der Waals surface area contributed by atoms with Crippen LogP contribution in [0.4, 0.5) is 0 Å². The summed E-state index contributed by atoms with van der Waals surface area (Å²) in [6.07, 6.45) is 2.52. The Balaban J connectivity index is 0.00000312. The van der Waals surface area contributed by atoms with Gasteiger partial charge in [0.25, 0.3) is 0 Å². The summed E-state index contributed by atoms with van der Waals surface area (Å²) >= 11 is 0. The minimum absolute atomic E-state index is 0. The van der Waals surface area contributed by atoms with Crippen LogP contribution in [0.15, 0.2) is 4.99 Å². The molecule has 0 spiro atoms. The first-order chi connectivity index (χ1) is 11.5. The monoisotopic (exact) mass is 464 g/mol. The van der Waals surface area contributed by atoms with Crippen LogP contribution in [-0.4, -0.2) is 59.0 Å². The summed E-state index contributed by atoms with van der Waals surface area (Å²) in [6, 6.07) is 0. The van der Waals surface area contributed by atoms with Gasteiger partial charge in [0.15, 0.2) is 11.8 Å². The molecule has 8 heteroatoms. The second kappa shape index (κ2) is 10.9. The molecule has 0 saturated carbocycles. The van der Waals surface area contributed by atoms with E-state index in [1.54, 1.807) is 7.11 Å². The van der Waals surface area contributed by atoms with E-state index in [-0.39, 0.29) is 24.0 Å². The second-order valence-electron chi connectivity index (χ2n) is 7.01. The van der Waals surface area contributed by atoms with Gasteiger partial charge in [0, 0.05) is 33.8 Å². The lowest BCUT2D eigenvalue weighted by Crippen LogP contribution is -2.41. The van der Waals surface area contributed by atoms with E-state index in [0.29, 0.717) is 13.2 Å². The largest absolute Gasteiger partial charge is 0.383 e. The lowest BCUT2D eigenvalue weighted by Gasteiger charge is -2.22. The minimum Gasteiger partial charge on any atom is -0.383 e. The molecule has 2 heterocycles. The van der Waals surface area contributed by atoms with Crippen LogP contribution >= 0.6 is 24.0 Å². The fourth-order valence-corrected chi connectivity index (χ4v) is 3.15. The smallest absolute Gasteiger partial charge is 0.194 e. The van der Waals surface area contributed by atoms with Gasteiger partial charge in [-0.1, -0.05) is 13.8 Å². The van der Waals surface area contributed by atoms with Crippen LogP contribution in [0.5, 0.6) is 0 Å². The van der Waals surface area contributed by atoms with Crippen molar-refractivity contribution in [3.8, 4) is 0 Å². The molecule has 1 N–H and O–H groups in total. The predicted octanol–water partition coefficient (Wildman–Crippen LogP) is 2.20. The zero-order chi connectivity index (χ0) is 17.5. The number of aliphatic imine (C=N–C) groups is 1. The molecule has 1 saturated heterocycles. The van der Waals surface area contributed by atoms with Crippen molar-refractivity contribution in [3.63, 3.8) is 0 Å². The number of nitrogens with one attached hydrogen (secondary N) is 1. The molecule has 1 unspecified atom stereocenters. The molecule has 0 bridgehead atoms. The van der Waals surface area contributed by atoms with Gasteiger partial charge in [-0.15, -0.1) is 34.2 Å². The average Bonchev–Trinajstić information content (AvgIpc) is 3.11. The first kappa shape index (κ1) is 22.1. The van der Waals surface area contributed by atoms with E-state index in [1.165, 1.54) is 12.8 Å². The molecule has 7 nitrogen and oxygen atoms in total. The standard InChI is InChI=1S/C17H32N6O.HI/c1-13(2)10-15-6-8-23(12-15)17(18-7-9-24-5)19-11-16-21-20-14(3)22(16)4;/h13,15H,6-12H2,1-5H3,(H,18,19);1H. The van der Waals surface area contributed by atoms with E-state index >= 15 is 0 Å². The van der Waals surface area contributed by atoms with Crippen LogP contribution in [0.3, 0.4) is 0 Å². The highest BCUT2D eigenvalue weighted by Crippen LogP contribution is 2.23. The molecule has 0 amide bonds. The molecule has 0 aromatic carbocycles. The summed E-state index contributed by atoms with van der Waals surface area (Å²) in [7, 11) is 3.70. The number of methoxy groups -OCH3 is 1. The van der Waals surface area contributed by atoms with Gasteiger partial charge in [0.2, 0.25) is 0 Å². The highest BCUT2D eigenvalue weighted by Gasteiger charge is 2.25. The molecular formula is C17H33IN6O. The summed E-state index contributed by atoms with van der Waals surface area (Å²) in [4.78, 5) is 7.16. The number of aryl methyl sites for hydroxylation is 1. The van der Waals surface area contributed by atoms with Crippen molar-refractivity contribution in [1.82, 2.24) is 25.0 Å². The Morgan fingerprint density at radius 3 is 2.76 bits per heavy atom. The van der Waals surface area contributed by atoms with Crippen LogP contribution in [0.2, 0.25) is 0 Å². The molecule has 1 atom stereocenters. The van der Waals surface area contributed by atoms with Gasteiger partial charge in [0.1, 0.15) is 12.4 Å². The lowest BCUT2D eigenvalue weighted by atomic mass is 9.97. The van der Waals surface area contributed by atoms with Crippen LogP contribution in [0.1, 0.15) is 38.3 Å². The average molecular weight is 464 g/mol. The fraction of sp³-hybridized carbons (Fsp3) is 0.824. The number of aromatic nitrogens is 3. The maximum atomic E-state index is 5.15. The van der Waals surface area contributed by atoms with Gasteiger partial charge < -0.3 is 19.5 Å². The Kier molecular flexibility index (Phi) is 9.70. The fourth-order valence-electron chi connectivity index (χ4n) is 3.15. The van der Waals surface area contributed by atoms with Crippen molar-refractivity contribution in [2.24, 2.45) is 23.9 Å². The number of hydrogen-bond acceptors (Lipinski definition) is 4. The Morgan fingerprint density at radius 2 is 2.16 bits per heavy atom. The number of likely N-dealkylation sites (tertiary alicyclic amines) is 1. The molecule has 1 aliphatic rings. The van der Waals surface area contributed by atoms with Gasteiger partial charge >= 0.3 is 0 Å². The second-order valence-corrected chi connectivity index (χ2v) is 7.01. The molecule has 0 aliphatic carbocycles. The molecule has 1 aromatic heterocycles. The number of hydrogen-bond donors (Lipinski definition) is 1. The Hall–Kier alpha value is -0.900. The third kappa shape index (κ3) is 6.73. The number of ether oxygens (including phenoxy) is 1. The summed E-state index contributed by atoms with van der Waals surface area (Å²) in [6.45, 7) is 10.7. The molecule has 1 aliphatic heterocycles. The van der Waals surface area contributed by atoms with Gasteiger partial charge in [-0.2, -0.15) is 0 Å². The van der Waals surface area contributed by atoms with Crippen LogP contribution < -0.4 is 5.32 Å². The van der Waals surface area contributed by atoms with Gasteiger partial charge in [-0.25, -0.2) is 4.99 Å². The molecule has 1 fully saturated rings. The molecular weight excluding hydrogens is 431 g/mol. The maximum Gasteiger partial charge on any atom is 0.194 e. The van der Waals surface area contributed by atoms with Crippen LogP contribution in [0, 0.1) is 18.8 Å². The number of nitrogens with zero attached hydrogens (tertiary/aromatic N) is 5. The molecule has 25 heavy (non-hydrogen) atoms. The summed E-state index contributed by atoms with van der Waals surface area (Å²) in [5, 5.41) is 11.7. The zero-order valence-corrected chi connectivity index (χ0v) is 18.5. The lowest BCUT2D eigenvalue weighted by molar-refractivity contribution is 0.203. The minimum atomic E-state index is 0. The van der Waals surface area contributed by atoms with Crippen molar-refractivity contribution < 1.29 is 4.74 Å². The van der Waals surface area contributed by atoms with Crippen LogP contribution in [0.25, 0.3) is 0 Å². The number of guanidine groups is 1. The normalized spacial score (nSPS) is 17.9. The topological polar surface area (TPSA) is 67.6 Å². The highest BCUT2D eigenvalue weighted by atomic mass is 127. The molecule has 1 aromatic rings. The van der Waals surface area contributed by atoms with E-state index in [9.17, 15) is 0 Å².